The number of imidazole rings is 1. The maximum absolute atomic E-state index is 12.2. The largest absolute Gasteiger partial charge is 0.354 e. The van der Waals surface area contributed by atoms with E-state index >= 15 is 0 Å². The van der Waals surface area contributed by atoms with Gasteiger partial charge in [0.05, 0.1) is 11.0 Å². The first-order valence-electron chi connectivity index (χ1n) is 8.23. The molecule has 3 rings (SSSR count). The fourth-order valence-electron chi connectivity index (χ4n) is 2.89. The molecule has 7 heteroatoms. The fourth-order valence-corrected chi connectivity index (χ4v) is 2.89. The molecule has 0 fully saturated rings. The molecule has 3 N–H and O–H groups in total. The molecule has 1 unspecified atom stereocenters. The lowest BCUT2D eigenvalue weighted by Gasteiger charge is -2.12. The van der Waals surface area contributed by atoms with Gasteiger partial charge in [-0.15, -0.1) is 24.8 Å². The second-order valence-corrected chi connectivity index (χ2v) is 5.69. The Kier molecular flexibility index (Phi) is 8.58. The SMILES string of the molecule is CCn1c(CCNC(=O)C(N)c2ccccc2)nc2ccccc21.Cl.Cl. The zero-order chi connectivity index (χ0) is 16.9. The zero-order valence-electron chi connectivity index (χ0n) is 14.6. The number of benzene rings is 2. The number of fused-ring (bicyclic) bond motifs is 1. The van der Waals surface area contributed by atoms with Crippen LogP contribution in [0.5, 0.6) is 0 Å². The van der Waals surface area contributed by atoms with Gasteiger partial charge in [-0.05, 0) is 24.6 Å². The lowest BCUT2D eigenvalue weighted by Crippen LogP contribution is -2.35. The molecule has 1 aromatic heterocycles. The quantitative estimate of drug-likeness (QED) is 0.673. The molecule has 0 aliphatic rings. The highest BCUT2D eigenvalue weighted by Crippen LogP contribution is 2.16. The van der Waals surface area contributed by atoms with E-state index in [4.69, 9.17) is 5.73 Å². The number of para-hydroxylation sites is 2. The van der Waals surface area contributed by atoms with E-state index in [0.717, 1.165) is 29.0 Å². The van der Waals surface area contributed by atoms with Crippen LogP contribution in [-0.4, -0.2) is 22.0 Å². The minimum absolute atomic E-state index is 0. The molecule has 140 valence electrons. The summed E-state index contributed by atoms with van der Waals surface area (Å²) in [4.78, 5) is 16.9. The van der Waals surface area contributed by atoms with Gasteiger partial charge in [-0.2, -0.15) is 0 Å². The first-order chi connectivity index (χ1) is 11.7. The third-order valence-corrected chi connectivity index (χ3v) is 4.14. The molecular formula is C19H24Cl2N4O. The van der Waals surface area contributed by atoms with Crippen LogP contribution < -0.4 is 11.1 Å². The maximum atomic E-state index is 12.2. The summed E-state index contributed by atoms with van der Waals surface area (Å²) in [6.07, 6.45) is 0.676. The van der Waals surface area contributed by atoms with E-state index in [2.05, 4.69) is 27.9 Å². The van der Waals surface area contributed by atoms with Crippen molar-refractivity contribution in [2.24, 2.45) is 5.73 Å². The van der Waals surface area contributed by atoms with Gasteiger partial charge >= 0.3 is 0 Å². The van der Waals surface area contributed by atoms with Crippen molar-refractivity contribution in [2.45, 2.75) is 25.9 Å². The van der Waals surface area contributed by atoms with E-state index in [9.17, 15) is 4.79 Å². The molecule has 26 heavy (non-hydrogen) atoms. The Morgan fingerprint density at radius 2 is 1.77 bits per heavy atom. The van der Waals surface area contributed by atoms with Crippen LogP contribution in [0.2, 0.25) is 0 Å². The lowest BCUT2D eigenvalue weighted by molar-refractivity contribution is -0.122. The molecule has 0 spiro atoms. The number of hydrogen-bond donors (Lipinski definition) is 2. The van der Waals surface area contributed by atoms with Crippen LogP contribution >= 0.6 is 24.8 Å². The van der Waals surface area contributed by atoms with Gasteiger partial charge in [-0.3, -0.25) is 4.79 Å². The van der Waals surface area contributed by atoms with Crippen molar-refractivity contribution >= 4 is 41.8 Å². The monoisotopic (exact) mass is 394 g/mol. The van der Waals surface area contributed by atoms with Gasteiger partial charge in [0.15, 0.2) is 0 Å². The van der Waals surface area contributed by atoms with Crippen molar-refractivity contribution < 1.29 is 4.79 Å². The number of nitrogens with zero attached hydrogens (tertiary/aromatic N) is 2. The average Bonchev–Trinajstić information content (AvgIpc) is 2.99. The first-order valence-corrected chi connectivity index (χ1v) is 8.23. The van der Waals surface area contributed by atoms with E-state index in [1.807, 2.05) is 48.5 Å². The van der Waals surface area contributed by atoms with Crippen LogP contribution in [0.3, 0.4) is 0 Å². The molecule has 1 heterocycles. The third-order valence-electron chi connectivity index (χ3n) is 4.14. The summed E-state index contributed by atoms with van der Waals surface area (Å²) in [6, 6.07) is 16.8. The van der Waals surface area contributed by atoms with Crippen molar-refractivity contribution in [3.63, 3.8) is 0 Å². The molecule has 0 saturated heterocycles. The molecule has 3 aromatic rings. The van der Waals surface area contributed by atoms with Crippen LogP contribution in [0, 0.1) is 0 Å². The number of hydrogen-bond acceptors (Lipinski definition) is 3. The fraction of sp³-hybridized carbons (Fsp3) is 0.263. The van der Waals surface area contributed by atoms with Gasteiger partial charge in [-0.25, -0.2) is 4.98 Å². The molecule has 0 aliphatic carbocycles. The van der Waals surface area contributed by atoms with Crippen molar-refractivity contribution in [1.29, 1.82) is 0 Å². The zero-order valence-corrected chi connectivity index (χ0v) is 16.2. The minimum Gasteiger partial charge on any atom is -0.354 e. The topological polar surface area (TPSA) is 72.9 Å². The predicted molar refractivity (Wildman–Crippen MR) is 110 cm³/mol. The average molecular weight is 395 g/mol. The third kappa shape index (κ3) is 4.75. The molecule has 0 bridgehead atoms. The summed E-state index contributed by atoms with van der Waals surface area (Å²) in [7, 11) is 0. The normalized spacial score (nSPS) is 11.3. The Morgan fingerprint density at radius 1 is 1.12 bits per heavy atom. The van der Waals surface area contributed by atoms with E-state index in [-0.39, 0.29) is 30.7 Å². The second-order valence-electron chi connectivity index (χ2n) is 5.69. The van der Waals surface area contributed by atoms with Gasteiger partial charge in [0.25, 0.3) is 0 Å². The van der Waals surface area contributed by atoms with E-state index in [0.29, 0.717) is 13.0 Å². The van der Waals surface area contributed by atoms with Gasteiger partial charge < -0.3 is 15.6 Å². The Labute approximate surface area is 165 Å². The van der Waals surface area contributed by atoms with Crippen molar-refractivity contribution in [1.82, 2.24) is 14.9 Å². The van der Waals surface area contributed by atoms with Crippen molar-refractivity contribution in [2.75, 3.05) is 6.54 Å². The Bertz CT molecular complexity index is 836. The van der Waals surface area contributed by atoms with Crippen LogP contribution in [0.4, 0.5) is 0 Å². The van der Waals surface area contributed by atoms with E-state index in [1.54, 1.807) is 0 Å². The van der Waals surface area contributed by atoms with Gasteiger partial charge in [-0.1, -0.05) is 42.5 Å². The molecule has 5 nitrogen and oxygen atoms in total. The Balaban J connectivity index is 0.00000169. The molecule has 1 atom stereocenters. The van der Waals surface area contributed by atoms with E-state index < -0.39 is 6.04 Å². The van der Waals surface area contributed by atoms with Crippen LogP contribution in [0.25, 0.3) is 11.0 Å². The highest BCUT2D eigenvalue weighted by molar-refractivity contribution is 5.85. The second kappa shape index (κ2) is 10.2. The summed E-state index contributed by atoms with van der Waals surface area (Å²) in [5.74, 6) is 0.813. The number of nitrogens with two attached hydrogens (primary N) is 1. The van der Waals surface area contributed by atoms with Gasteiger partial charge in [0, 0.05) is 19.5 Å². The molecule has 0 aliphatic heterocycles. The molecule has 0 radical (unpaired) electrons. The Morgan fingerprint density at radius 3 is 2.46 bits per heavy atom. The summed E-state index contributed by atoms with van der Waals surface area (Å²) < 4.78 is 2.18. The highest BCUT2D eigenvalue weighted by Gasteiger charge is 2.15. The van der Waals surface area contributed by atoms with Gasteiger partial charge in [0.2, 0.25) is 5.91 Å². The van der Waals surface area contributed by atoms with Crippen molar-refractivity contribution in [3.05, 3.63) is 66.0 Å². The number of rotatable bonds is 6. The number of amides is 1. The van der Waals surface area contributed by atoms with E-state index in [1.165, 1.54) is 0 Å². The number of carbonyl (C=O) groups is 1. The standard InChI is InChI=1S/C19H22N4O.2ClH/c1-2-23-16-11-7-6-10-15(16)22-17(23)12-13-21-19(24)18(20)14-8-4-3-5-9-14;;/h3-11,18H,2,12-13,20H2,1H3,(H,21,24);2*1H. The Hall–Kier alpha value is -2.08. The summed E-state index contributed by atoms with van der Waals surface area (Å²) in [5, 5.41) is 2.91. The molecule has 0 saturated carbocycles. The van der Waals surface area contributed by atoms with Crippen LogP contribution in [0.15, 0.2) is 54.6 Å². The summed E-state index contributed by atoms with van der Waals surface area (Å²) in [6.45, 7) is 3.47. The molecule has 2 aromatic carbocycles. The molecule has 1 amide bonds. The smallest absolute Gasteiger partial charge is 0.241 e. The lowest BCUT2D eigenvalue weighted by atomic mass is 10.1. The predicted octanol–water partition coefficient (Wildman–Crippen LogP) is 3.26. The highest BCUT2D eigenvalue weighted by atomic mass is 35.5. The number of carbonyl (C=O) groups excluding carboxylic acids is 1. The maximum Gasteiger partial charge on any atom is 0.241 e. The van der Waals surface area contributed by atoms with Crippen molar-refractivity contribution in [3.8, 4) is 0 Å². The minimum atomic E-state index is -0.642. The summed E-state index contributed by atoms with van der Waals surface area (Å²) in [5.41, 5.74) is 8.93. The molecular weight excluding hydrogens is 371 g/mol. The number of nitrogens with one attached hydrogen (secondary N) is 1. The number of aryl methyl sites for hydroxylation is 1. The van der Waals surface area contributed by atoms with Gasteiger partial charge in [0.1, 0.15) is 11.9 Å². The summed E-state index contributed by atoms with van der Waals surface area (Å²) >= 11 is 0. The number of aromatic nitrogens is 2. The first kappa shape index (κ1) is 22.0. The number of halogens is 2. The van der Waals surface area contributed by atoms with Crippen LogP contribution in [-0.2, 0) is 17.8 Å². The van der Waals surface area contributed by atoms with Crippen LogP contribution in [0.1, 0.15) is 24.4 Å².